The molecule has 1 saturated carbocycles. The maximum atomic E-state index is 12.4. The standard InChI is InChI=1S/C22H28N4O3/c1-26(2)20(16-6-4-9-19(12-16)29-3)14-23-22(28)25-18-8-5-7-17(13-18)24-21(27)15-10-11-15/h4-9,12-13,15,20H,10-11,14H2,1-3H3,(H,24,27)(H2,23,25,28). The SMILES string of the molecule is COc1cccc(C(CNC(=O)Nc2cccc(NC(=O)C3CC3)c2)N(C)C)c1. The first-order valence-electron chi connectivity index (χ1n) is 9.72. The van der Waals surface area contributed by atoms with Gasteiger partial charge in [-0.15, -0.1) is 0 Å². The van der Waals surface area contributed by atoms with Crippen LogP contribution in [0, 0.1) is 5.92 Å². The van der Waals surface area contributed by atoms with Crippen molar-refractivity contribution >= 4 is 23.3 Å². The Labute approximate surface area is 171 Å². The number of methoxy groups -OCH3 is 1. The second-order valence-corrected chi connectivity index (χ2v) is 7.44. The summed E-state index contributed by atoms with van der Waals surface area (Å²) in [6, 6.07) is 14.7. The van der Waals surface area contributed by atoms with Crippen LogP contribution in [-0.2, 0) is 4.79 Å². The van der Waals surface area contributed by atoms with E-state index in [2.05, 4.69) is 16.0 Å². The molecule has 1 aliphatic carbocycles. The maximum Gasteiger partial charge on any atom is 0.319 e. The molecule has 2 aromatic rings. The summed E-state index contributed by atoms with van der Waals surface area (Å²) in [4.78, 5) is 26.3. The minimum atomic E-state index is -0.301. The zero-order chi connectivity index (χ0) is 20.8. The number of hydrogen-bond acceptors (Lipinski definition) is 4. The predicted octanol–water partition coefficient (Wildman–Crippen LogP) is 3.47. The first-order chi connectivity index (χ1) is 14.0. The van der Waals surface area contributed by atoms with E-state index in [0.717, 1.165) is 24.2 Å². The van der Waals surface area contributed by atoms with Crippen molar-refractivity contribution in [3.63, 3.8) is 0 Å². The highest BCUT2D eigenvalue weighted by atomic mass is 16.5. The number of carbonyl (C=O) groups is 2. The van der Waals surface area contributed by atoms with E-state index in [0.29, 0.717) is 17.9 Å². The number of nitrogens with zero attached hydrogens (tertiary/aromatic N) is 1. The van der Waals surface area contributed by atoms with Crippen LogP contribution in [0.15, 0.2) is 48.5 Å². The summed E-state index contributed by atoms with van der Waals surface area (Å²) in [5, 5.41) is 8.63. The van der Waals surface area contributed by atoms with Crippen molar-refractivity contribution < 1.29 is 14.3 Å². The molecule has 7 nitrogen and oxygen atoms in total. The summed E-state index contributed by atoms with van der Waals surface area (Å²) in [6.45, 7) is 0.435. The lowest BCUT2D eigenvalue weighted by Gasteiger charge is -2.25. The minimum Gasteiger partial charge on any atom is -0.497 e. The number of anilines is 2. The first kappa shape index (κ1) is 20.7. The van der Waals surface area contributed by atoms with Crippen molar-refractivity contribution in [1.29, 1.82) is 0 Å². The summed E-state index contributed by atoms with van der Waals surface area (Å²) in [6.07, 6.45) is 1.90. The molecule has 0 bridgehead atoms. The molecule has 0 spiro atoms. The van der Waals surface area contributed by atoms with Gasteiger partial charge in [-0.2, -0.15) is 0 Å². The highest BCUT2D eigenvalue weighted by Crippen LogP contribution is 2.30. The van der Waals surface area contributed by atoms with Gasteiger partial charge in [0.1, 0.15) is 5.75 Å². The molecule has 29 heavy (non-hydrogen) atoms. The van der Waals surface area contributed by atoms with Crippen LogP contribution in [0.3, 0.4) is 0 Å². The summed E-state index contributed by atoms with van der Waals surface area (Å²) in [7, 11) is 5.57. The topological polar surface area (TPSA) is 82.7 Å². The summed E-state index contributed by atoms with van der Waals surface area (Å²) >= 11 is 0. The highest BCUT2D eigenvalue weighted by Gasteiger charge is 2.29. The van der Waals surface area contributed by atoms with E-state index >= 15 is 0 Å². The number of benzene rings is 2. The molecule has 0 saturated heterocycles. The third kappa shape index (κ3) is 5.96. The van der Waals surface area contributed by atoms with Crippen molar-refractivity contribution in [1.82, 2.24) is 10.2 Å². The Kier molecular flexibility index (Phi) is 6.72. The minimum absolute atomic E-state index is 0.0000132. The normalized spacial score (nSPS) is 14.2. The molecule has 0 heterocycles. The average Bonchev–Trinajstić information content (AvgIpc) is 3.54. The van der Waals surface area contributed by atoms with E-state index in [1.165, 1.54) is 0 Å². The second kappa shape index (κ2) is 9.43. The molecule has 1 fully saturated rings. The van der Waals surface area contributed by atoms with E-state index in [9.17, 15) is 9.59 Å². The largest absolute Gasteiger partial charge is 0.497 e. The molecule has 154 valence electrons. The number of rotatable bonds is 8. The van der Waals surface area contributed by atoms with Gasteiger partial charge < -0.3 is 25.6 Å². The molecule has 3 N–H and O–H groups in total. The molecular weight excluding hydrogens is 368 g/mol. The predicted molar refractivity (Wildman–Crippen MR) is 114 cm³/mol. The van der Waals surface area contributed by atoms with Gasteiger partial charge in [0, 0.05) is 23.8 Å². The number of nitrogens with one attached hydrogen (secondary N) is 3. The van der Waals surface area contributed by atoms with Gasteiger partial charge in [-0.25, -0.2) is 4.79 Å². The van der Waals surface area contributed by atoms with Crippen LogP contribution < -0.4 is 20.7 Å². The Morgan fingerprint density at radius 3 is 2.41 bits per heavy atom. The Hall–Kier alpha value is -3.06. The van der Waals surface area contributed by atoms with Crippen molar-refractivity contribution in [3.05, 3.63) is 54.1 Å². The maximum absolute atomic E-state index is 12.4. The van der Waals surface area contributed by atoms with E-state index in [1.807, 2.05) is 49.3 Å². The molecule has 3 rings (SSSR count). The zero-order valence-electron chi connectivity index (χ0n) is 17.1. The molecule has 7 heteroatoms. The third-order valence-corrected chi connectivity index (χ3v) is 4.89. The van der Waals surface area contributed by atoms with Crippen LogP contribution in [0.4, 0.5) is 16.2 Å². The van der Waals surface area contributed by atoms with Gasteiger partial charge in [0.05, 0.1) is 13.2 Å². The lowest BCUT2D eigenvalue weighted by molar-refractivity contribution is -0.117. The van der Waals surface area contributed by atoms with Gasteiger partial charge in [0.2, 0.25) is 5.91 Å². The number of amides is 3. The number of ether oxygens (including phenoxy) is 1. The van der Waals surface area contributed by atoms with Crippen molar-refractivity contribution in [2.24, 2.45) is 5.92 Å². The van der Waals surface area contributed by atoms with Gasteiger partial charge in [0.25, 0.3) is 0 Å². The Bertz CT molecular complexity index is 865. The van der Waals surface area contributed by atoms with Crippen LogP contribution in [0.1, 0.15) is 24.4 Å². The highest BCUT2D eigenvalue weighted by molar-refractivity contribution is 5.95. The molecule has 3 amide bonds. The smallest absolute Gasteiger partial charge is 0.319 e. The molecule has 0 aromatic heterocycles. The summed E-state index contributed by atoms with van der Waals surface area (Å²) < 4.78 is 5.30. The van der Waals surface area contributed by atoms with Crippen molar-refractivity contribution in [2.45, 2.75) is 18.9 Å². The first-order valence-corrected chi connectivity index (χ1v) is 9.72. The van der Waals surface area contributed by atoms with E-state index < -0.39 is 0 Å². The van der Waals surface area contributed by atoms with Crippen LogP contribution in [0.2, 0.25) is 0 Å². The van der Waals surface area contributed by atoms with Crippen LogP contribution >= 0.6 is 0 Å². The lowest BCUT2D eigenvalue weighted by atomic mass is 10.1. The fourth-order valence-electron chi connectivity index (χ4n) is 3.08. The Balaban J connectivity index is 1.57. The molecular formula is C22H28N4O3. The third-order valence-electron chi connectivity index (χ3n) is 4.89. The van der Waals surface area contributed by atoms with Crippen molar-refractivity contribution in [3.8, 4) is 5.75 Å². The fourth-order valence-corrected chi connectivity index (χ4v) is 3.08. The van der Waals surface area contributed by atoms with E-state index in [4.69, 9.17) is 4.74 Å². The van der Waals surface area contributed by atoms with Crippen molar-refractivity contribution in [2.75, 3.05) is 38.4 Å². The molecule has 1 aliphatic rings. The zero-order valence-corrected chi connectivity index (χ0v) is 17.1. The van der Waals surface area contributed by atoms with E-state index in [-0.39, 0.29) is 23.9 Å². The number of likely N-dealkylation sites (N-methyl/N-ethyl adjacent to an activating group) is 1. The van der Waals surface area contributed by atoms with Gasteiger partial charge >= 0.3 is 6.03 Å². The fraction of sp³-hybridized carbons (Fsp3) is 0.364. The summed E-state index contributed by atoms with van der Waals surface area (Å²) in [5.41, 5.74) is 2.36. The van der Waals surface area contributed by atoms with Gasteiger partial charge in [-0.05, 0) is 62.8 Å². The van der Waals surface area contributed by atoms with Gasteiger partial charge in [0.15, 0.2) is 0 Å². The second-order valence-electron chi connectivity index (χ2n) is 7.44. The van der Waals surface area contributed by atoms with Crippen LogP contribution in [-0.4, -0.2) is 44.6 Å². The molecule has 1 atom stereocenters. The molecule has 2 aromatic carbocycles. The van der Waals surface area contributed by atoms with Gasteiger partial charge in [-0.1, -0.05) is 18.2 Å². The number of urea groups is 1. The Morgan fingerprint density at radius 1 is 1.07 bits per heavy atom. The Morgan fingerprint density at radius 2 is 1.76 bits per heavy atom. The van der Waals surface area contributed by atoms with Crippen LogP contribution in [0.5, 0.6) is 5.75 Å². The van der Waals surface area contributed by atoms with E-state index in [1.54, 1.807) is 25.3 Å². The van der Waals surface area contributed by atoms with Gasteiger partial charge in [-0.3, -0.25) is 4.79 Å². The molecule has 0 radical (unpaired) electrons. The quantitative estimate of drug-likeness (QED) is 0.638. The number of carbonyl (C=O) groups excluding carboxylic acids is 2. The lowest BCUT2D eigenvalue weighted by Crippen LogP contribution is -2.36. The molecule has 0 aliphatic heterocycles. The number of hydrogen-bond donors (Lipinski definition) is 3. The monoisotopic (exact) mass is 396 g/mol. The van der Waals surface area contributed by atoms with Crippen LogP contribution in [0.25, 0.3) is 0 Å². The average molecular weight is 396 g/mol. The summed E-state index contributed by atoms with van der Waals surface area (Å²) in [5.74, 6) is 0.956. The molecule has 1 unspecified atom stereocenters.